The van der Waals surface area contributed by atoms with Crippen LogP contribution in [0.2, 0.25) is 0 Å². The van der Waals surface area contributed by atoms with E-state index in [1.165, 1.54) is 13.5 Å². The molecule has 0 heterocycles. The molecule has 0 aromatic heterocycles. The van der Waals surface area contributed by atoms with Gasteiger partial charge in [0.1, 0.15) is 5.69 Å². The van der Waals surface area contributed by atoms with Crippen molar-refractivity contribution in [3.8, 4) is 0 Å². The maximum atomic E-state index is 13.7. The second-order valence-electron chi connectivity index (χ2n) is 6.08. The van der Waals surface area contributed by atoms with Crippen molar-refractivity contribution in [2.24, 2.45) is 5.92 Å². The first-order valence-corrected chi connectivity index (χ1v) is 8.03. The summed E-state index contributed by atoms with van der Waals surface area (Å²) >= 11 is 0. The summed E-state index contributed by atoms with van der Waals surface area (Å²) < 4.78 is 66.9. The van der Waals surface area contributed by atoms with Crippen molar-refractivity contribution in [3.63, 3.8) is 0 Å². The van der Waals surface area contributed by atoms with Crippen molar-refractivity contribution >= 4 is 5.69 Å². The SMILES string of the molecule is CCCCCCC(C)CCN(C)c1c(F)c(F)c(F)c(F)c1F. The van der Waals surface area contributed by atoms with Crippen LogP contribution in [0.5, 0.6) is 0 Å². The van der Waals surface area contributed by atoms with Gasteiger partial charge in [-0.05, 0) is 12.3 Å². The zero-order valence-electron chi connectivity index (χ0n) is 13.9. The molecule has 0 fully saturated rings. The van der Waals surface area contributed by atoms with E-state index >= 15 is 0 Å². The summed E-state index contributed by atoms with van der Waals surface area (Å²) in [4.78, 5) is 1.10. The molecule has 0 aliphatic rings. The Morgan fingerprint density at radius 1 is 0.783 bits per heavy atom. The Bertz CT molecular complexity index is 489. The van der Waals surface area contributed by atoms with Crippen LogP contribution in [0.25, 0.3) is 0 Å². The highest BCUT2D eigenvalue weighted by atomic mass is 19.2. The van der Waals surface area contributed by atoms with Crippen LogP contribution in [0.1, 0.15) is 52.4 Å². The molecule has 1 rings (SSSR count). The average Bonchev–Trinajstić information content (AvgIpc) is 2.53. The number of halogens is 5. The summed E-state index contributed by atoms with van der Waals surface area (Å²) in [5.41, 5.74) is -0.861. The molecule has 0 radical (unpaired) electrons. The van der Waals surface area contributed by atoms with Gasteiger partial charge in [0.2, 0.25) is 5.82 Å². The van der Waals surface area contributed by atoms with Crippen LogP contribution in [-0.4, -0.2) is 13.6 Å². The van der Waals surface area contributed by atoms with Crippen LogP contribution in [-0.2, 0) is 0 Å². The van der Waals surface area contributed by atoms with E-state index in [-0.39, 0.29) is 6.54 Å². The molecule has 1 aromatic carbocycles. The number of hydrogen-bond acceptors (Lipinski definition) is 1. The second kappa shape index (κ2) is 9.08. The summed E-state index contributed by atoms with van der Waals surface area (Å²) in [6, 6.07) is 0. The van der Waals surface area contributed by atoms with Crippen LogP contribution in [0.15, 0.2) is 0 Å². The zero-order valence-corrected chi connectivity index (χ0v) is 13.9. The largest absolute Gasteiger partial charge is 0.370 e. The molecule has 0 aliphatic carbocycles. The first-order valence-electron chi connectivity index (χ1n) is 8.03. The average molecular weight is 337 g/mol. The van der Waals surface area contributed by atoms with Crippen LogP contribution in [0, 0.1) is 35.0 Å². The third-order valence-corrected chi connectivity index (χ3v) is 4.08. The molecule has 1 atom stereocenters. The molecule has 0 N–H and O–H groups in total. The summed E-state index contributed by atoms with van der Waals surface area (Å²) in [6.07, 6.45) is 6.18. The lowest BCUT2D eigenvalue weighted by molar-refractivity contribution is 0.377. The molecule has 0 aliphatic heterocycles. The van der Waals surface area contributed by atoms with E-state index in [0.717, 1.165) is 30.6 Å². The standard InChI is InChI=1S/C17H24F5N/c1-4-5-6-7-8-11(2)9-10-23(3)17-15(21)13(19)12(18)14(20)16(17)22/h11H,4-10H2,1-3H3. The third-order valence-electron chi connectivity index (χ3n) is 4.08. The van der Waals surface area contributed by atoms with E-state index in [1.807, 2.05) is 6.92 Å². The Labute approximate surface area is 134 Å². The maximum absolute atomic E-state index is 13.7. The number of benzene rings is 1. The van der Waals surface area contributed by atoms with Gasteiger partial charge in [0.15, 0.2) is 23.3 Å². The van der Waals surface area contributed by atoms with Gasteiger partial charge in [0.25, 0.3) is 0 Å². The molecule has 0 amide bonds. The first-order chi connectivity index (χ1) is 10.8. The normalized spacial score (nSPS) is 12.5. The van der Waals surface area contributed by atoms with Crippen molar-refractivity contribution in [1.82, 2.24) is 0 Å². The molecule has 1 unspecified atom stereocenters. The second-order valence-corrected chi connectivity index (χ2v) is 6.08. The van der Waals surface area contributed by atoms with Crippen molar-refractivity contribution in [2.75, 3.05) is 18.5 Å². The molecule has 0 spiro atoms. The van der Waals surface area contributed by atoms with Gasteiger partial charge in [-0.25, -0.2) is 22.0 Å². The van der Waals surface area contributed by atoms with E-state index in [4.69, 9.17) is 0 Å². The number of unbranched alkanes of at least 4 members (excludes halogenated alkanes) is 3. The predicted octanol–water partition coefficient (Wildman–Crippen LogP) is 5.81. The van der Waals surface area contributed by atoms with Gasteiger partial charge in [-0.1, -0.05) is 46.0 Å². The number of rotatable bonds is 9. The molecule has 23 heavy (non-hydrogen) atoms. The number of nitrogens with zero attached hydrogens (tertiary/aromatic N) is 1. The van der Waals surface area contributed by atoms with Crippen LogP contribution >= 0.6 is 0 Å². The van der Waals surface area contributed by atoms with Crippen molar-refractivity contribution in [3.05, 3.63) is 29.1 Å². The first kappa shape index (κ1) is 19.7. The minimum absolute atomic E-state index is 0.229. The molecule has 1 aromatic rings. The Kier molecular flexibility index (Phi) is 7.79. The van der Waals surface area contributed by atoms with E-state index in [9.17, 15) is 22.0 Å². The van der Waals surface area contributed by atoms with E-state index < -0.39 is 34.8 Å². The highest BCUT2D eigenvalue weighted by Crippen LogP contribution is 2.30. The fourth-order valence-corrected chi connectivity index (χ4v) is 2.52. The molecule has 0 bridgehead atoms. The lowest BCUT2D eigenvalue weighted by Crippen LogP contribution is -2.24. The van der Waals surface area contributed by atoms with Gasteiger partial charge in [-0.2, -0.15) is 0 Å². The maximum Gasteiger partial charge on any atom is 0.200 e. The van der Waals surface area contributed by atoms with Crippen molar-refractivity contribution < 1.29 is 22.0 Å². The fourth-order valence-electron chi connectivity index (χ4n) is 2.52. The van der Waals surface area contributed by atoms with Gasteiger partial charge in [0.05, 0.1) is 0 Å². The van der Waals surface area contributed by atoms with E-state index in [0.29, 0.717) is 12.3 Å². The Morgan fingerprint density at radius 2 is 1.30 bits per heavy atom. The molecule has 0 saturated carbocycles. The van der Waals surface area contributed by atoms with Crippen LogP contribution < -0.4 is 4.90 Å². The molecule has 132 valence electrons. The molecule has 1 nitrogen and oxygen atoms in total. The minimum Gasteiger partial charge on any atom is -0.370 e. The summed E-state index contributed by atoms with van der Waals surface area (Å²) in [7, 11) is 1.34. The third kappa shape index (κ3) is 5.08. The van der Waals surface area contributed by atoms with Crippen molar-refractivity contribution in [2.45, 2.75) is 52.4 Å². The number of anilines is 1. The Hall–Kier alpha value is -1.33. The van der Waals surface area contributed by atoms with Crippen LogP contribution in [0.4, 0.5) is 27.6 Å². The zero-order chi connectivity index (χ0) is 17.6. The topological polar surface area (TPSA) is 3.24 Å². The van der Waals surface area contributed by atoms with Gasteiger partial charge < -0.3 is 4.90 Å². The summed E-state index contributed by atoms with van der Waals surface area (Å²) in [5, 5.41) is 0. The molecular formula is C17H24F5N. The fraction of sp³-hybridized carbons (Fsp3) is 0.647. The van der Waals surface area contributed by atoms with Gasteiger partial charge >= 0.3 is 0 Å². The molecule has 6 heteroatoms. The molecular weight excluding hydrogens is 313 g/mol. The lowest BCUT2D eigenvalue weighted by Gasteiger charge is -2.23. The van der Waals surface area contributed by atoms with Gasteiger partial charge in [0, 0.05) is 13.6 Å². The van der Waals surface area contributed by atoms with Gasteiger partial charge in [-0.3, -0.25) is 0 Å². The van der Waals surface area contributed by atoms with Crippen LogP contribution in [0.3, 0.4) is 0 Å². The summed E-state index contributed by atoms with van der Waals surface area (Å²) in [6.45, 7) is 4.38. The molecule has 0 saturated heterocycles. The predicted molar refractivity (Wildman–Crippen MR) is 82.0 cm³/mol. The van der Waals surface area contributed by atoms with E-state index in [1.54, 1.807) is 0 Å². The smallest absolute Gasteiger partial charge is 0.200 e. The highest BCUT2D eigenvalue weighted by Gasteiger charge is 2.27. The van der Waals surface area contributed by atoms with Crippen molar-refractivity contribution in [1.29, 1.82) is 0 Å². The quantitative estimate of drug-likeness (QED) is 0.238. The minimum atomic E-state index is -2.12. The van der Waals surface area contributed by atoms with Gasteiger partial charge in [-0.15, -0.1) is 0 Å². The Balaban J connectivity index is 2.67. The lowest BCUT2D eigenvalue weighted by atomic mass is 9.99. The van der Waals surface area contributed by atoms with E-state index in [2.05, 4.69) is 6.92 Å². The summed E-state index contributed by atoms with van der Waals surface area (Å²) in [5.74, 6) is -9.16. The highest BCUT2D eigenvalue weighted by molar-refractivity contribution is 5.49. The monoisotopic (exact) mass is 337 g/mol. The Morgan fingerprint density at radius 3 is 1.83 bits per heavy atom. The number of hydrogen-bond donors (Lipinski definition) is 0.